The number of anilines is 2. The van der Waals surface area contributed by atoms with Gasteiger partial charge in [-0.15, -0.1) is 0 Å². The van der Waals surface area contributed by atoms with E-state index in [1.54, 1.807) is 47.0 Å². The van der Waals surface area contributed by atoms with Crippen molar-refractivity contribution in [3.63, 3.8) is 0 Å². The van der Waals surface area contributed by atoms with Gasteiger partial charge in [-0.25, -0.2) is 19.3 Å². The predicted octanol–water partition coefficient (Wildman–Crippen LogP) is 5.30. The molecule has 186 valence electrons. The Labute approximate surface area is 216 Å². The molecule has 9 nitrogen and oxygen atoms in total. The number of nitrogens with one attached hydrogen (secondary N) is 1. The van der Waals surface area contributed by atoms with Crippen LogP contribution in [0.3, 0.4) is 0 Å². The van der Waals surface area contributed by atoms with Crippen molar-refractivity contribution >= 4 is 28.4 Å². The van der Waals surface area contributed by atoms with Crippen LogP contribution < -0.4 is 15.8 Å². The summed E-state index contributed by atoms with van der Waals surface area (Å²) >= 11 is 0. The maximum atomic E-state index is 15.3. The summed E-state index contributed by atoms with van der Waals surface area (Å²) in [6.45, 7) is 5.25. The van der Waals surface area contributed by atoms with E-state index in [1.165, 1.54) is 18.5 Å². The van der Waals surface area contributed by atoms with E-state index in [2.05, 4.69) is 32.9 Å². The number of halogens is 1. The number of nitriles is 1. The Balaban J connectivity index is 1.66. The van der Waals surface area contributed by atoms with E-state index in [0.717, 1.165) is 11.8 Å². The number of hydrogen-bond acceptors (Lipinski definition) is 7. The number of pyridine rings is 1. The molecule has 3 N–H and O–H groups in total. The third kappa shape index (κ3) is 4.40. The van der Waals surface area contributed by atoms with Crippen LogP contribution in [0.4, 0.5) is 15.9 Å². The number of rotatable bonds is 6. The average Bonchev–Trinajstić information content (AvgIpc) is 3.26. The van der Waals surface area contributed by atoms with Crippen LogP contribution in [0, 0.1) is 24.1 Å². The van der Waals surface area contributed by atoms with Crippen LogP contribution in [0.5, 0.6) is 11.6 Å². The lowest BCUT2D eigenvalue weighted by Gasteiger charge is -2.14. The van der Waals surface area contributed by atoms with Gasteiger partial charge in [0.25, 0.3) is 0 Å². The molecule has 0 saturated carbocycles. The van der Waals surface area contributed by atoms with Crippen molar-refractivity contribution < 1.29 is 13.9 Å². The van der Waals surface area contributed by atoms with Gasteiger partial charge in [0.1, 0.15) is 29.0 Å². The lowest BCUT2D eigenvalue weighted by atomic mass is 10.1. The average molecular weight is 506 g/mol. The van der Waals surface area contributed by atoms with Crippen LogP contribution in [0.2, 0.25) is 0 Å². The van der Waals surface area contributed by atoms with Crippen molar-refractivity contribution in [1.29, 1.82) is 5.26 Å². The highest BCUT2D eigenvalue weighted by molar-refractivity contribution is 6.00. The molecule has 2 aromatic carbocycles. The maximum absolute atomic E-state index is 15.3. The number of amides is 1. The highest BCUT2D eigenvalue weighted by Crippen LogP contribution is 2.38. The second kappa shape index (κ2) is 9.83. The molecule has 0 spiro atoms. The number of carbonyl (C=O) groups excluding carboxylic acids is 1. The lowest BCUT2D eigenvalue weighted by Crippen LogP contribution is -2.07. The number of hydrogen-bond donors (Lipinski definition) is 2. The number of carbonyl (C=O) groups is 1. The quantitative estimate of drug-likeness (QED) is 0.299. The Morgan fingerprint density at radius 3 is 2.66 bits per heavy atom. The molecule has 3 heterocycles. The fraction of sp³-hybridized carbons (Fsp3) is 0.0357. The Bertz CT molecular complexity index is 1750. The Kier molecular flexibility index (Phi) is 6.25. The number of aryl methyl sites for hydroxylation is 1. The minimum atomic E-state index is -0.643. The monoisotopic (exact) mass is 505 g/mol. The topological polar surface area (TPSA) is 132 Å². The molecule has 3 aromatic heterocycles. The molecule has 0 saturated heterocycles. The van der Waals surface area contributed by atoms with E-state index < -0.39 is 5.82 Å². The third-order valence-corrected chi connectivity index (χ3v) is 5.75. The van der Waals surface area contributed by atoms with Gasteiger partial charge in [-0.3, -0.25) is 4.79 Å². The number of aromatic nitrogens is 4. The smallest absolute Gasteiger partial charge is 0.247 e. The normalized spacial score (nSPS) is 10.7. The van der Waals surface area contributed by atoms with Crippen molar-refractivity contribution in [2.24, 2.45) is 0 Å². The van der Waals surface area contributed by atoms with Crippen LogP contribution in [0.15, 0.2) is 79.6 Å². The number of benzene rings is 2. The minimum absolute atomic E-state index is 0.0168. The van der Waals surface area contributed by atoms with Crippen molar-refractivity contribution in [1.82, 2.24) is 19.5 Å². The van der Waals surface area contributed by atoms with Gasteiger partial charge in [0.05, 0.1) is 5.69 Å². The Hall–Kier alpha value is -5.56. The molecule has 0 aliphatic heterocycles. The van der Waals surface area contributed by atoms with Gasteiger partial charge in [0.2, 0.25) is 11.8 Å². The number of nitrogens with two attached hydrogens (primary N) is 1. The van der Waals surface area contributed by atoms with Crippen LogP contribution in [0.25, 0.3) is 28.0 Å². The van der Waals surface area contributed by atoms with Crippen molar-refractivity contribution in [2.75, 3.05) is 11.1 Å². The standard InChI is InChI=1S/C28H20FN7O2/c1-3-23(37)35-18-9-7-17(8-10-18)26-20(14-30)25-27(28(31)33-15-32-25)36(26)19-11-12-22(21(29)13-19)38-24-6-4-5-16(2)34-24/h3-13,15H,1H2,2H3,(H,35,37)(H2,31,32,33). The van der Waals surface area contributed by atoms with Gasteiger partial charge in [0.15, 0.2) is 17.4 Å². The second-order valence-electron chi connectivity index (χ2n) is 8.23. The highest BCUT2D eigenvalue weighted by atomic mass is 19.1. The van der Waals surface area contributed by atoms with Gasteiger partial charge in [-0.2, -0.15) is 5.26 Å². The van der Waals surface area contributed by atoms with Gasteiger partial charge in [-0.1, -0.05) is 24.8 Å². The van der Waals surface area contributed by atoms with Gasteiger partial charge < -0.3 is 20.4 Å². The molecule has 0 aliphatic carbocycles. The summed E-state index contributed by atoms with van der Waals surface area (Å²) in [5.41, 5.74) is 9.83. The van der Waals surface area contributed by atoms with Crippen molar-refractivity contribution in [3.05, 3.63) is 96.7 Å². The minimum Gasteiger partial charge on any atom is -0.436 e. The molecular weight excluding hydrogens is 485 g/mol. The van der Waals surface area contributed by atoms with Crippen LogP contribution >= 0.6 is 0 Å². The van der Waals surface area contributed by atoms with Gasteiger partial charge in [-0.05, 0) is 43.3 Å². The van der Waals surface area contributed by atoms with Crippen LogP contribution in [-0.2, 0) is 4.79 Å². The Morgan fingerprint density at radius 1 is 1.18 bits per heavy atom. The van der Waals surface area contributed by atoms with E-state index in [0.29, 0.717) is 33.7 Å². The number of nitrogen functional groups attached to an aromatic ring is 1. The molecule has 0 atom stereocenters. The van der Waals surface area contributed by atoms with Crippen LogP contribution in [0.1, 0.15) is 11.3 Å². The van der Waals surface area contributed by atoms with E-state index in [4.69, 9.17) is 10.5 Å². The summed E-state index contributed by atoms with van der Waals surface area (Å²) in [5, 5.41) is 12.8. The van der Waals surface area contributed by atoms with Crippen molar-refractivity contribution in [3.8, 4) is 34.6 Å². The summed E-state index contributed by atoms with van der Waals surface area (Å²) in [7, 11) is 0. The summed E-state index contributed by atoms with van der Waals surface area (Å²) < 4.78 is 22.6. The molecule has 1 amide bonds. The zero-order valence-corrected chi connectivity index (χ0v) is 20.1. The zero-order valence-electron chi connectivity index (χ0n) is 20.1. The number of nitrogens with zero attached hydrogens (tertiary/aromatic N) is 5. The van der Waals surface area contributed by atoms with Crippen molar-refractivity contribution in [2.45, 2.75) is 6.92 Å². The molecule has 0 radical (unpaired) electrons. The van der Waals surface area contributed by atoms with E-state index in [-0.39, 0.29) is 28.9 Å². The first kappa shape index (κ1) is 24.1. The molecule has 0 aliphatic rings. The first-order chi connectivity index (χ1) is 18.4. The maximum Gasteiger partial charge on any atom is 0.247 e. The fourth-order valence-electron chi connectivity index (χ4n) is 4.07. The van der Waals surface area contributed by atoms with E-state index >= 15 is 4.39 Å². The van der Waals surface area contributed by atoms with E-state index in [1.807, 2.05) is 13.0 Å². The highest BCUT2D eigenvalue weighted by Gasteiger charge is 2.24. The largest absolute Gasteiger partial charge is 0.436 e. The lowest BCUT2D eigenvalue weighted by molar-refractivity contribution is -0.111. The van der Waals surface area contributed by atoms with Gasteiger partial charge in [0, 0.05) is 34.8 Å². The van der Waals surface area contributed by atoms with E-state index in [9.17, 15) is 10.1 Å². The summed E-state index contributed by atoms with van der Waals surface area (Å²) in [5.74, 6) is -0.632. The SMILES string of the molecule is C=CC(=O)Nc1ccc(-c2c(C#N)c3ncnc(N)c3n2-c2ccc(Oc3cccc(C)n3)c(F)c2)cc1. The number of ether oxygens (including phenoxy) is 1. The Morgan fingerprint density at radius 2 is 1.97 bits per heavy atom. The molecule has 38 heavy (non-hydrogen) atoms. The molecule has 0 fully saturated rings. The second-order valence-corrected chi connectivity index (χ2v) is 8.23. The molecule has 0 unspecified atom stereocenters. The van der Waals surface area contributed by atoms with Crippen LogP contribution in [-0.4, -0.2) is 25.4 Å². The molecular formula is C28H20FN7O2. The first-order valence-corrected chi connectivity index (χ1v) is 11.4. The molecule has 10 heteroatoms. The predicted molar refractivity (Wildman–Crippen MR) is 141 cm³/mol. The molecule has 5 rings (SSSR count). The summed E-state index contributed by atoms with van der Waals surface area (Å²) in [4.78, 5) is 24.3. The fourth-order valence-corrected chi connectivity index (χ4v) is 4.07. The summed E-state index contributed by atoms with van der Waals surface area (Å²) in [6.07, 6.45) is 2.44. The van der Waals surface area contributed by atoms with Gasteiger partial charge >= 0.3 is 0 Å². The number of fused-ring (bicyclic) bond motifs is 1. The molecule has 0 bridgehead atoms. The summed E-state index contributed by atoms with van der Waals surface area (Å²) in [6, 6.07) is 18.6. The molecule has 5 aromatic rings. The zero-order chi connectivity index (χ0) is 26.8. The first-order valence-electron chi connectivity index (χ1n) is 11.4. The third-order valence-electron chi connectivity index (χ3n) is 5.75.